The van der Waals surface area contributed by atoms with Crippen molar-refractivity contribution in [1.29, 1.82) is 0 Å². The summed E-state index contributed by atoms with van der Waals surface area (Å²) in [5.74, 6) is -0.282. The molecule has 0 aromatic rings. The van der Waals surface area contributed by atoms with Gasteiger partial charge in [0.1, 0.15) is 0 Å². The second kappa shape index (κ2) is 6.21. The van der Waals surface area contributed by atoms with Crippen LogP contribution in [-0.2, 0) is 14.3 Å². The van der Waals surface area contributed by atoms with Crippen LogP contribution in [0.25, 0.3) is 0 Å². The fourth-order valence-corrected chi connectivity index (χ4v) is 2.27. The smallest absolute Gasteiger partial charge is 0.309 e. The maximum absolute atomic E-state index is 11.4. The number of ether oxygens (including phenoxy) is 2. The average molecular weight is 229 g/mol. The molecule has 0 radical (unpaired) electrons. The van der Waals surface area contributed by atoms with Crippen LogP contribution in [0.4, 0.5) is 0 Å². The zero-order valence-electron chi connectivity index (χ0n) is 10.7. The first-order valence-electron chi connectivity index (χ1n) is 5.96. The number of carbonyl (C=O) groups excluding carboxylic acids is 1. The predicted octanol–water partition coefficient (Wildman–Crippen LogP) is 1.34. The minimum absolute atomic E-state index is 0.119. The number of rotatable bonds is 5. The largest absolute Gasteiger partial charge is 0.469 e. The Labute approximate surface area is 97.7 Å². The summed E-state index contributed by atoms with van der Waals surface area (Å²) in [7, 11) is 3.18. The summed E-state index contributed by atoms with van der Waals surface area (Å²) in [6.45, 7) is 3.91. The topological polar surface area (TPSA) is 47.6 Å². The number of carbonyl (C=O) groups is 1. The van der Waals surface area contributed by atoms with E-state index in [1.165, 1.54) is 13.5 Å². The van der Waals surface area contributed by atoms with Gasteiger partial charge in [-0.05, 0) is 26.2 Å². The van der Waals surface area contributed by atoms with Crippen molar-refractivity contribution >= 4 is 5.97 Å². The van der Waals surface area contributed by atoms with Crippen molar-refractivity contribution in [3.8, 4) is 0 Å². The van der Waals surface area contributed by atoms with Gasteiger partial charge in [-0.15, -0.1) is 0 Å². The molecule has 0 aromatic carbocycles. The molecule has 0 saturated heterocycles. The van der Waals surface area contributed by atoms with Crippen LogP contribution in [0.1, 0.15) is 33.1 Å². The van der Waals surface area contributed by atoms with Crippen LogP contribution < -0.4 is 5.32 Å². The SMILES string of the molecule is COC(=O)C(C)C(C)NC1CCCC1OC. The fraction of sp³-hybridized carbons (Fsp3) is 0.917. The predicted molar refractivity (Wildman–Crippen MR) is 62.2 cm³/mol. The highest BCUT2D eigenvalue weighted by atomic mass is 16.5. The van der Waals surface area contributed by atoms with Crippen molar-refractivity contribution < 1.29 is 14.3 Å². The molecular formula is C12H23NO3. The van der Waals surface area contributed by atoms with Gasteiger partial charge < -0.3 is 14.8 Å². The monoisotopic (exact) mass is 229 g/mol. The van der Waals surface area contributed by atoms with Crippen molar-refractivity contribution in [1.82, 2.24) is 5.32 Å². The number of hydrogen-bond acceptors (Lipinski definition) is 4. The Morgan fingerprint density at radius 1 is 1.31 bits per heavy atom. The Morgan fingerprint density at radius 2 is 2.00 bits per heavy atom. The van der Waals surface area contributed by atoms with Gasteiger partial charge in [-0.1, -0.05) is 6.92 Å². The summed E-state index contributed by atoms with van der Waals surface area (Å²) in [4.78, 5) is 11.4. The average Bonchev–Trinajstić information content (AvgIpc) is 2.74. The molecule has 94 valence electrons. The van der Waals surface area contributed by atoms with Crippen molar-refractivity contribution in [2.24, 2.45) is 5.92 Å². The molecule has 0 aliphatic heterocycles. The molecule has 1 N–H and O–H groups in total. The van der Waals surface area contributed by atoms with E-state index in [-0.39, 0.29) is 24.0 Å². The Kier molecular flexibility index (Phi) is 5.22. The maximum atomic E-state index is 11.4. The standard InChI is InChI=1S/C12H23NO3/c1-8(12(14)16-4)9(2)13-10-6-5-7-11(10)15-3/h8-11,13H,5-7H2,1-4H3. The molecule has 1 aliphatic carbocycles. The van der Waals surface area contributed by atoms with E-state index < -0.39 is 0 Å². The van der Waals surface area contributed by atoms with Gasteiger partial charge in [-0.2, -0.15) is 0 Å². The fourth-order valence-electron chi connectivity index (χ4n) is 2.27. The van der Waals surface area contributed by atoms with Gasteiger partial charge in [-0.25, -0.2) is 0 Å². The number of nitrogens with one attached hydrogen (secondary N) is 1. The summed E-state index contributed by atoms with van der Waals surface area (Å²) in [5, 5.41) is 3.47. The first-order chi connectivity index (χ1) is 7.60. The van der Waals surface area contributed by atoms with E-state index in [4.69, 9.17) is 9.47 Å². The molecule has 4 nitrogen and oxygen atoms in total. The first-order valence-corrected chi connectivity index (χ1v) is 5.96. The molecule has 0 heterocycles. The molecule has 1 fully saturated rings. The second-order valence-electron chi connectivity index (χ2n) is 4.58. The van der Waals surface area contributed by atoms with Crippen molar-refractivity contribution in [2.75, 3.05) is 14.2 Å². The van der Waals surface area contributed by atoms with Crippen LogP contribution in [0.2, 0.25) is 0 Å². The van der Waals surface area contributed by atoms with E-state index in [2.05, 4.69) is 5.32 Å². The van der Waals surface area contributed by atoms with Crippen molar-refractivity contribution in [3.63, 3.8) is 0 Å². The molecule has 1 aliphatic rings. The lowest BCUT2D eigenvalue weighted by molar-refractivity contribution is -0.145. The Hall–Kier alpha value is -0.610. The van der Waals surface area contributed by atoms with Crippen molar-refractivity contribution in [2.45, 2.75) is 51.3 Å². The van der Waals surface area contributed by atoms with E-state index in [0.717, 1.165) is 12.8 Å². The van der Waals surface area contributed by atoms with Crippen LogP contribution in [0.15, 0.2) is 0 Å². The lowest BCUT2D eigenvalue weighted by Crippen LogP contribution is -2.46. The third-order valence-corrected chi connectivity index (χ3v) is 3.56. The summed E-state index contributed by atoms with van der Waals surface area (Å²) in [6.07, 6.45) is 3.70. The minimum Gasteiger partial charge on any atom is -0.469 e. The van der Waals surface area contributed by atoms with Gasteiger partial charge in [0, 0.05) is 19.2 Å². The lowest BCUT2D eigenvalue weighted by atomic mass is 10.0. The molecule has 0 bridgehead atoms. The molecule has 0 aromatic heterocycles. The number of esters is 1. The van der Waals surface area contributed by atoms with Crippen LogP contribution >= 0.6 is 0 Å². The highest BCUT2D eigenvalue weighted by molar-refractivity contribution is 5.72. The summed E-state index contributed by atoms with van der Waals surface area (Å²) in [6, 6.07) is 0.486. The maximum Gasteiger partial charge on any atom is 0.309 e. The van der Waals surface area contributed by atoms with Crippen LogP contribution in [0.3, 0.4) is 0 Å². The Morgan fingerprint density at radius 3 is 2.56 bits per heavy atom. The first kappa shape index (κ1) is 13.5. The van der Waals surface area contributed by atoms with Gasteiger partial charge in [0.25, 0.3) is 0 Å². The highest BCUT2D eigenvalue weighted by Gasteiger charge is 2.30. The van der Waals surface area contributed by atoms with Gasteiger partial charge in [0.15, 0.2) is 0 Å². The van der Waals surface area contributed by atoms with Crippen LogP contribution in [0.5, 0.6) is 0 Å². The van der Waals surface area contributed by atoms with E-state index >= 15 is 0 Å². The molecule has 0 spiro atoms. The summed E-state index contributed by atoms with van der Waals surface area (Å²) in [5.41, 5.74) is 0. The molecular weight excluding hydrogens is 206 g/mol. The minimum atomic E-state index is -0.160. The van der Waals surface area contributed by atoms with Gasteiger partial charge >= 0.3 is 5.97 Å². The molecule has 4 atom stereocenters. The van der Waals surface area contributed by atoms with E-state index in [1.807, 2.05) is 13.8 Å². The molecule has 16 heavy (non-hydrogen) atoms. The summed E-state index contributed by atoms with van der Waals surface area (Å²) >= 11 is 0. The third kappa shape index (κ3) is 3.19. The van der Waals surface area contributed by atoms with Gasteiger partial charge in [0.2, 0.25) is 0 Å². The zero-order valence-corrected chi connectivity index (χ0v) is 10.7. The third-order valence-electron chi connectivity index (χ3n) is 3.56. The van der Waals surface area contributed by atoms with Crippen LogP contribution in [-0.4, -0.2) is 38.4 Å². The Bertz CT molecular complexity index is 232. The van der Waals surface area contributed by atoms with Gasteiger partial charge in [0.05, 0.1) is 19.1 Å². The molecule has 0 amide bonds. The highest BCUT2D eigenvalue weighted by Crippen LogP contribution is 2.22. The quantitative estimate of drug-likeness (QED) is 0.723. The molecule has 4 heteroatoms. The zero-order chi connectivity index (χ0) is 12.1. The van der Waals surface area contributed by atoms with Crippen molar-refractivity contribution in [3.05, 3.63) is 0 Å². The molecule has 4 unspecified atom stereocenters. The normalized spacial score (nSPS) is 28.8. The Balaban J connectivity index is 2.44. The van der Waals surface area contributed by atoms with E-state index in [0.29, 0.717) is 6.04 Å². The van der Waals surface area contributed by atoms with E-state index in [9.17, 15) is 4.79 Å². The number of methoxy groups -OCH3 is 2. The van der Waals surface area contributed by atoms with E-state index in [1.54, 1.807) is 7.11 Å². The second-order valence-corrected chi connectivity index (χ2v) is 4.58. The van der Waals surface area contributed by atoms with Gasteiger partial charge in [-0.3, -0.25) is 4.79 Å². The molecule has 1 rings (SSSR count). The van der Waals surface area contributed by atoms with Crippen LogP contribution in [0, 0.1) is 5.92 Å². The molecule has 1 saturated carbocycles. The lowest BCUT2D eigenvalue weighted by Gasteiger charge is -2.26. The number of hydrogen-bond donors (Lipinski definition) is 1. The summed E-state index contributed by atoms with van der Waals surface area (Å²) < 4.78 is 10.2.